The molecule has 0 spiro atoms. The Kier molecular flexibility index (Phi) is 5.91. The molecule has 2 amide bonds. The van der Waals surface area contributed by atoms with Crippen molar-refractivity contribution < 1.29 is 14.0 Å². The molecule has 0 aliphatic rings. The van der Waals surface area contributed by atoms with Crippen LogP contribution in [-0.4, -0.2) is 21.6 Å². The molecule has 0 atom stereocenters. The first-order valence-corrected chi connectivity index (χ1v) is 11.1. The molecule has 4 aromatic rings. The number of aromatic nitrogens is 2. The lowest BCUT2D eigenvalue weighted by Gasteiger charge is -2.08. The highest BCUT2D eigenvalue weighted by atomic mass is 32.2. The molecule has 0 saturated heterocycles. The number of benzene rings is 1. The summed E-state index contributed by atoms with van der Waals surface area (Å²) >= 11 is 3.29. The number of carbonyl (C=O) groups excluding carboxylic acids is 2. The predicted molar refractivity (Wildman–Crippen MR) is 117 cm³/mol. The van der Waals surface area contributed by atoms with Gasteiger partial charge in [0, 0.05) is 22.4 Å². The van der Waals surface area contributed by atoms with E-state index in [4.69, 9.17) is 4.42 Å². The summed E-state index contributed by atoms with van der Waals surface area (Å²) in [5.41, 5.74) is 8.05. The summed E-state index contributed by atoms with van der Waals surface area (Å²) in [7, 11) is 0. The number of rotatable bonds is 6. The van der Waals surface area contributed by atoms with Crippen LogP contribution in [-0.2, 0) is 17.1 Å². The number of para-hydroxylation sites is 1. The zero-order valence-corrected chi connectivity index (χ0v) is 18.1. The van der Waals surface area contributed by atoms with Crippen LogP contribution in [0.3, 0.4) is 0 Å². The Morgan fingerprint density at radius 2 is 2.00 bits per heavy atom. The number of hydrazine groups is 1. The average Bonchev–Trinajstić information content (AvgIpc) is 3.44. The fourth-order valence-electron chi connectivity index (χ4n) is 3.11. The zero-order chi connectivity index (χ0) is 21.1. The fourth-order valence-corrected chi connectivity index (χ4v) is 4.92. The Hall–Kier alpha value is -3.04. The second kappa shape index (κ2) is 8.76. The third kappa shape index (κ3) is 4.42. The molecule has 4 rings (SSSR count). The third-order valence-electron chi connectivity index (χ3n) is 4.47. The first kappa shape index (κ1) is 20.2. The van der Waals surface area contributed by atoms with Gasteiger partial charge in [-0.25, -0.2) is 0 Å². The lowest BCUT2D eigenvalue weighted by molar-refractivity contribution is -0.122. The number of nitrogens with one attached hydrogen (secondary N) is 2. The largest absolute Gasteiger partial charge is 0.451 e. The highest BCUT2D eigenvalue weighted by Crippen LogP contribution is 2.33. The van der Waals surface area contributed by atoms with Crippen LogP contribution in [0.5, 0.6) is 0 Å². The smallest absolute Gasteiger partial charge is 0.305 e. The second-order valence-corrected chi connectivity index (χ2v) is 8.94. The van der Waals surface area contributed by atoms with E-state index in [9.17, 15) is 9.59 Å². The van der Waals surface area contributed by atoms with E-state index >= 15 is 0 Å². The van der Waals surface area contributed by atoms with E-state index in [-0.39, 0.29) is 18.2 Å². The van der Waals surface area contributed by atoms with Crippen molar-refractivity contribution in [2.24, 2.45) is 0 Å². The molecule has 0 aliphatic carbocycles. The summed E-state index contributed by atoms with van der Waals surface area (Å²) in [5.74, 6) is -0.0819. The van der Waals surface area contributed by atoms with Crippen LogP contribution in [0.15, 0.2) is 56.5 Å². The van der Waals surface area contributed by atoms with Crippen molar-refractivity contribution in [3.05, 3.63) is 70.6 Å². The number of furan rings is 1. The van der Waals surface area contributed by atoms with Crippen molar-refractivity contribution in [3.63, 3.8) is 0 Å². The molecule has 0 radical (unpaired) electrons. The Morgan fingerprint density at radius 3 is 2.73 bits per heavy atom. The summed E-state index contributed by atoms with van der Waals surface area (Å²) in [6.45, 7) is 3.75. The minimum atomic E-state index is -0.491. The van der Waals surface area contributed by atoms with Gasteiger partial charge in [-0.1, -0.05) is 24.3 Å². The van der Waals surface area contributed by atoms with E-state index in [0.717, 1.165) is 26.5 Å². The minimum absolute atomic E-state index is 0.0151. The predicted octanol–water partition coefficient (Wildman–Crippen LogP) is 4.06. The lowest BCUT2D eigenvalue weighted by Crippen LogP contribution is -2.43. The van der Waals surface area contributed by atoms with Gasteiger partial charge in [-0.2, -0.15) is 5.10 Å². The van der Waals surface area contributed by atoms with Crippen LogP contribution in [0, 0.1) is 13.8 Å². The molecule has 1 aromatic carbocycles. The van der Waals surface area contributed by atoms with E-state index in [1.807, 2.05) is 61.7 Å². The van der Waals surface area contributed by atoms with Gasteiger partial charge in [-0.3, -0.25) is 25.1 Å². The number of carbonyl (C=O) groups is 2. The van der Waals surface area contributed by atoms with E-state index in [1.165, 1.54) is 0 Å². The molecule has 0 saturated carbocycles. The highest BCUT2D eigenvalue weighted by Gasteiger charge is 2.21. The summed E-state index contributed by atoms with van der Waals surface area (Å²) in [5, 5.41) is 7.16. The summed E-state index contributed by atoms with van der Waals surface area (Å²) in [6.07, 6.45) is 0. The fraction of sp³-hybridized carbons (Fsp3) is 0.190. The van der Waals surface area contributed by atoms with Crippen molar-refractivity contribution >= 4 is 45.9 Å². The highest BCUT2D eigenvalue weighted by molar-refractivity contribution is 8.00. The molecule has 0 unspecified atom stereocenters. The summed E-state index contributed by atoms with van der Waals surface area (Å²) in [6, 6.07) is 13.4. The standard InChI is InChI=1S/C21H20N4O3S2/c1-13-10-14(2)25(24-13)11-18(26)22-23-21(27)20-16(12-30-19-8-5-9-29-19)15-6-3-4-7-17(15)28-20/h3-10H,11-12H2,1-2H3,(H,22,26)(H,23,27). The van der Waals surface area contributed by atoms with Gasteiger partial charge in [0.25, 0.3) is 5.91 Å². The molecule has 0 fully saturated rings. The van der Waals surface area contributed by atoms with Gasteiger partial charge >= 0.3 is 5.91 Å². The van der Waals surface area contributed by atoms with Crippen molar-refractivity contribution in [1.82, 2.24) is 20.6 Å². The Bertz CT molecular complexity index is 1190. The molecular formula is C21H20N4O3S2. The second-order valence-electron chi connectivity index (χ2n) is 6.71. The molecule has 3 aromatic heterocycles. The lowest BCUT2D eigenvalue weighted by atomic mass is 10.1. The van der Waals surface area contributed by atoms with Gasteiger partial charge in [0.05, 0.1) is 9.90 Å². The SMILES string of the molecule is Cc1cc(C)n(CC(=O)NNC(=O)c2oc3ccccc3c2CSc2cccs2)n1. The number of hydrogen-bond acceptors (Lipinski definition) is 6. The van der Waals surface area contributed by atoms with Gasteiger partial charge < -0.3 is 4.42 Å². The van der Waals surface area contributed by atoms with E-state index < -0.39 is 5.91 Å². The monoisotopic (exact) mass is 440 g/mol. The summed E-state index contributed by atoms with van der Waals surface area (Å²) in [4.78, 5) is 25.0. The number of hydrogen-bond donors (Lipinski definition) is 2. The molecule has 30 heavy (non-hydrogen) atoms. The maximum absolute atomic E-state index is 12.8. The third-order valence-corrected chi connectivity index (χ3v) is 6.63. The minimum Gasteiger partial charge on any atom is -0.451 e. The van der Waals surface area contributed by atoms with Gasteiger partial charge in [0.2, 0.25) is 0 Å². The Morgan fingerprint density at radius 1 is 1.17 bits per heavy atom. The number of amides is 2. The maximum atomic E-state index is 12.8. The van der Waals surface area contributed by atoms with Crippen molar-refractivity contribution in [2.75, 3.05) is 0 Å². The quantitative estimate of drug-likeness (QED) is 0.349. The van der Waals surface area contributed by atoms with Crippen LogP contribution in [0.4, 0.5) is 0 Å². The van der Waals surface area contributed by atoms with E-state index in [0.29, 0.717) is 11.3 Å². The van der Waals surface area contributed by atoms with Crippen molar-refractivity contribution in [2.45, 2.75) is 30.4 Å². The number of nitrogens with zero attached hydrogens (tertiary/aromatic N) is 2. The van der Waals surface area contributed by atoms with Gasteiger partial charge in [0.15, 0.2) is 5.76 Å². The number of thiophene rings is 1. The number of aryl methyl sites for hydroxylation is 2. The summed E-state index contributed by atoms with van der Waals surface area (Å²) < 4.78 is 8.55. The molecule has 0 aliphatic heterocycles. The van der Waals surface area contributed by atoms with Crippen LogP contribution >= 0.6 is 23.1 Å². The topological polar surface area (TPSA) is 89.2 Å². The first-order valence-electron chi connectivity index (χ1n) is 9.28. The molecule has 2 N–H and O–H groups in total. The Labute approximate surface area is 181 Å². The van der Waals surface area contributed by atoms with Gasteiger partial charge in [-0.15, -0.1) is 23.1 Å². The number of thioether (sulfide) groups is 1. The van der Waals surface area contributed by atoms with Gasteiger partial charge in [-0.05, 0) is 37.4 Å². The van der Waals surface area contributed by atoms with Gasteiger partial charge in [0.1, 0.15) is 12.1 Å². The molecule has 3 heterocycles. The molecule has 9 heteroatoms. The maximum Gasteiger partial charge on any atom is 0.305 e. The number of fused-ring (bicyclic) bond motifs is 1. The first-order chi connectivity index (χ1) is 14.5. The molecular weight excluding hydrogens is 420 g/mol. The van der Waals surface area contributed by atoms with Crippen molar-refractivity contribution in [1.29, 1.82) is 0 Å². The molecule has 154 valence electrons. The molecule has 7 nitrogen and oxygen atoms in total. The van der Waals surface area contributed by atoms with Crippen molar-refractivity contribution in [3.8, 4) is 0 Å². The normalized spacial score (nSPS) is 11.0. The molecule has 0 bridgehead atoms. The zero-order valence-electron chi connectivity index (χ0n) is 16.5. The van der Waals surface area contributed by atoms with E-state index in [1.54, 1.807) is 27.8 Å². The van der Waals surface area contributed by atoms with Crippen LogP contribution < -0.4 is 10.9 Å². The van der Waals surface area contributed by atoms with Crippen LogP contribution in [0.1, 0.15) is 27.5 Å². The van der Waals surface area contributed by atoms with E-state index in [2.05, 4.69) is 16.0 Å². The van der Waals surface area contributed by atoms with Crippen LogP contribution in [0.2, 0.25) is 0 Å². The van der Waals surface area contributed by atoms with Crippen LogP contribution in [0.25, 0.3) is 11.0 Å². The Balaban J connectivity index is 1.47. The average molecular weight is 441 g/mol.